The Kier molecular flexibility index (Phi) is 5.71. The molecule has 5 aromatic heterocycles. The molecule has 5 aromatic rings. The Morgan fingerprint density at radius 1 is 1.16 bits per heavy atom. The first-order chi connectivity index (χ1) is 18.0. The summed E-state index contributed by atoms with van der Waals surface area (Å²) in [5, 5.41) is 15.8. The van der Waals surface area contributed by atoms with E-state index >= 15 is 0 Å². The number of fused-ring (bicyclic) bond motifs is 3. The number of anilines is 1. The quantitative estimate of drug-likeness (QED) is 0.367. The molecule has 1 fully saturated rings. The molecule has 188 valence electrons. The van der Waals surface area contributed by atoms with Crippen LogP contribution >= 0.6 is 0 Å². The van der Waals surface area contributed by atoms with Crippen molar-refractivity contribution in [2.45, 2.75) is 32.2 Å². The number of aromatic amines is 1. The second-order valence-electron chi connectivity index (χ2n) is 9.57. The minimum atomic E-state index is -0.283. The third kappa shape index (κ3) is 4.35. The number of amides is 1. The normalized spacial score (nSPS) is 15.2. The Morgan fingerprint density at radius 2 is 2.03 bits per heavy atom. The molecule has 0 radical (unpaired) electrons. The number of H-pyrrole nitrogens is 1. The zero-order valence-corrected chi connectivity index (χ0v) is 20.8. The number of ether oxygens (including phenoxy) is 1. The van der Waals surface area contributed by atoms with Crippen LogP contribution in [0.15, 0.2) is 61.2 Å². The molecule has 2 N–H and O–H groups in total. The lowest BCUT2D eigenvalue weighted by atomic mass is 9.89. The van der Waals surface area contributed by atoms with Crippen molar-refractivity contribution in [1.29, 1.82) is 0 Å². The SMILES string of the molecule is CCOc1cc(-c2ccc(N3CCC(C)(NC(=O)c4ccccn4)CC3)nc2)c2c3cn[nH]c3nn2c1. The average Bonchev–Trinajstić information content (AvgIpc) is 3.51. The molecule has 37 heavy (non-hydrogen) atoms. The summed E-state index contributed by atoms with van der Waals surface area (Å²) < 4.78 is 7.63. The molecule has 0 saturated carbocycles. The molecular formula is C27H28N8O2. The summed E-state index contributed by atoms with van der Waals surface area (Å²) in [7, 11) is 0. The molecule has 1 saturated heterocycles. The highest BCUT2D eigenvalue weighted by Gasteiger charge is 2.32. The Labute approximate surface area is 213 Å². The standard InChI is InChI=1S/C27H28N8O2/c1-3-37-19-14-20(24-21-16-30-32-25(21)33-35(24)17-19)18-7-8-23(29-15-18)34-12-9-27(2,10-13-34)31-26(36)22-6-4-5-11-28-22/h4-8,11,14-17H,3,9-10,12-13H2,1-2H3,(H,31,36)(H,32,33). The number of piperidine rings is 1. The maximum Gasteiger partial charge on any atom is 0.270 e. The first kappa shape index (κ1) is 23.0. The first-order valence-electron chi connectivity index (χ1n) is 12.5. The van der Waals surface area contributed by atoms with Crippen LogP contribution in [0.1, 0.15) is 37.2 Å². The first-order valence-corrected chi connectivity index (χ1v) is 12.5. The molecule has 0 aromatic carbocycles. The molecule has 1 amide bonds. The van der Waals surface area contributed by atoms with Gasteiger partial charge in [0.05, 0.1) is 29.9 Å². The van der Waals surface area contributed by atoms with Gasteiger partial charge < -0.3 is 15.0 Å². The van der Waals surface area contributed by atoms with Crippen LogP contribution in [0.2, 0.25) is 0 Å². The monoisotopic (exact) mass is 496 g/mol. The zero-order valence-electron chi connectivity index (χ0n) is 20.8. The molecule has 0 bridgehead atoms. The van der Waals surface area contributed by atoms with Crippen molar-refractivity contribution in [3.05, 3.63) is 66.9 Å². The van der Waals surface area contributed by atoms with Crippen molar-refractivity contribution in [2.24, 2.45) is 0 Å². The molecule has 1 aliphatic heterocycles. The number of nitrogens with zero attached hydrogens (tertiary/aromatic N) is 6. The topological polar surface area (TPSA) is 113 Å². The van der Waals surface area contributed by atoms with Gasteiger partial charge >= 0.3 is 0 Å². The number of carbonyl (C=O) groups is 1. The Bertz CT molecular complexity index is 1550. The summed E-state index contributed by atoms with van der Waals surface area (Å²) >= 11 is 0. The van der Waals surface area contributed by atoms with E-state index in [4.69, 9.17) is 9.72 Å². The fraction of sp³-hybridized carbons (Fsp3) is 0.296. The highest BCUT2D eigenvalue weighted by Crippen LogP contribution is 2.34. The van der Waals surface area contributed by atoms with Crippen molar-refractivity contribution in [3.8, 4) is 16.9 Å². The van der Waals surface area contributed by atoms with E-state index in [2.05, 4.69) is 49.6 Å². The van der Waals surface area contributed by atoms with Crippen LogP contribution in [0.25, 0.3) is 27.7 Å². The van der Waals surface area contributed by atoms with Crippen LogP contribution in [0.4, 0.5) is 5.82 Å². The van der Waals surface area contributed by atoms with Gasteiger partial charge in [-0.1, -0.05) is 6.07 Å². The molecule has 6 rings (SSSR count). The second-order valence-corrected chi connectivity index (χ2v) is 9.57. The summed E-state index contributed by atoms with van der Waals surface area (Å²) in [5.74, 6) is 1.53. The van der Waals surface area contributed by atoms with E-state index in [-0.39, 0.29) is 11.4 Å². The molecule has 10 heteroatoms. The third-order valence-corrected chi connectivity index (χ3v) is 6.98. The van der Waals surface area contributed by atoms with Gasteiger partial charge in [-0.15, -0.1) is 5.10 Å². The van der Waals surface area contributed by atoms with Crippen molar-refractivity contribution >= 4 is 28.3 Å². The number of nitrogens with one attached hydrogen (secondary N) is 2. The van der Waals surface area contributed by atoms with Gasteiger partial charge in [-0.3, -0.25) is 14.9 Å². The molecule has 0 spiro atoms. The molecule has 0 aliphatic carbocycles. The van der Waals surface area contributed by atoms with Gasteiger partial charge in [0.25, 0.3) is 5.91 Å². The molecule has 0 unspecified atom stereocenters. The van der Waals surface area contributed by atoms with Crippen LogP contribution in [-0.4, -0.2) is 60.9 Å². The Morgan fingerprint density at radius 3 is 2.76 bits per heavy atom. The van der Waals surface area contributed by atoms with Crippen LogP contribution < -0.4 is 15.0 Å². The van der Waals surface area contributed by atoms with Crippen molar-refractivity contribution in [1.82, 2.24) is 35.1 Å². The van der Waals surface area contributed by atoms with Gasteiger partial charge in [-0.2, -0.15) is 5.10 Å². The van der Waals surface area contributed by atoms with Crippen LogP contribution in [-0.2, 0) is 0 Å². The number of hydrogen-bond donors (Lipinski definition) is 2. The minimum Gasteiger partial charge on any atom is -0.492 e. The predicted octanol–water partition coefficient (Wildman–Crippen LogP) is 3.86. The van der Waals surface area contributed by atoms with Gasteiger partial charge in [0.2, 0.25) is 0 Å². The van der Waals surface area contributed by atoms with E-state index in [1.54, 1.807) is 24.5 Å². The lowest BCUT2D eigenvalue weighted by Gasteiger charge is -2.40. The number of aromatic nitrogens is 6. The van der Waals surface area contributed by atoms with E-state index in [0.717, 1.165) is 65.2 Å². The maximum atomic E-state index is 12.6. The summed E-state index contributed by atoms with van der Waals surface area (Å²) in [4.78, 5) is 23.9. The summed E-state index contributed by atoms with van der Waals surface area (Å²) in [6.07, 6.45) is 8.85. The maximum absolute atomic E-state index is 12.6. The summed E-state index contributed by atoms with van der Waals surface area (Å²) in [6, 6.07) is 11.5. The molecule has 0 atom stereocenters. The average molecular weight is 497 g/mol. The van der Waals surface area contributed by atoms with E-state index in [1.165, 1.54) is 0 Å². The highest BCUT2D eigenvalue weighted by molar-refractivity contribution is 6.01. The van der Waals surface area contributed by atoms with Gasteiger partial charge in [-0.05, 0) is 57.0 Å². The Balaban J connectivity index is 1.21. The van der Waals surface area contributed by atoms with Crippen LogP contribution in [0, 0.1) is 0 Å². The van der Waals surface area contributed by atoms with Crippen molar-refractivity contribution in [3.63, 3.8) is 0 Å². The number of carbonyl (C=O) groups excluding carboxylic acids is 1. The lowest BCUT2D eigenvalue weighted by Crippen LogP contribution is -2.53. The fourth-order valence-electron chi connectivity index (χ4n) is 4.93. The zero-order chi connectivity index (χ0) is 25.4. The van der Waals surface area contributed by atoms with Crippen LogP contribution in [0.3, 0.4) is 0 Å². The smallest absolute Gasteiger partial charge is 0.270 e. The molecule has 1 aliphatic rings. The predicted molar refractivity (Wildman–Crippen MR) is 141 cm³/mol. The molecule has 6 heterocycles. The lowest BCUT2D eigenvalue weighted by molar-refractivity contribution is 0.0886. The van der Waals surface area contributed by atoms with E-state index in [1.807, 2.05) is 36.0 Å². The van der Waals surface area contributed by atoms with Gasteiger partial charge in [0.1, 0.15) is 17.3 Å². The van der Waals surface area contributed by atoms with E-state index in [9.17, 15) is 4.79 Å². The number of hydrogen-bond acceptors (Lipinski definition) is 7. The van der Waals surface area contributed by atoms with Crippen molar-refractivity contribution in [2.75, 3.05) is 24.6 Å². The largest absolute Gasteiger partial charge is 0.492 e. The van der Waals surface area contributed by atoms with Gasteiger partial charge in [-0.25, -0.2) is 9.50 Å². The minimum absolute atomic E-state index is 0.133. The fourth-order valence-corrected chi connectivity index (χ4v) is 4.93. The van der Waals surface area contributed by atoms with Crippen molar-refractivity contribution < 1.29 is 9.53 Å². The summed E-state index contributed by atoms with van der Waals surface area (Å²) in [5.41, 5.74) is 3.80. The number of pyridine rings is 3. The third-order valence-electron chi connectivity index (χ3n) is 6.98. The number of rotatable bonds is 6. The summed E-state index contributed by atoms with van der Waals surface area (Å²) in [6.45, 7) is 6.23. The van der Waals surface area contributed by atoms with Gasteiger partial charge in [0.15, 0.2) is 5.65 Å². The highest BCUT2D eigenvalue weighted by atomic mass is 16.5. The van der Waals surface area contributed by atoms with Gasteiger partial charge in [0, 0.05) is 42.1 Å². The Hall–Kier alpha value is -4.47. The molecule has 10 nitrogen and oxygen atoms in total. The van der Waals surface area contributed by atoms with E-state index < -0.39 is 0 Å². The second kappa shape index (κ2) is 9.20. The van der Waals surface area contributed by atoms with Crippen LogP contribution in [0.5, 0.6) is 5.75 Å². The molecular weight excluding hydrogens is 468 g/mol. The van der Waals surface area contributed by atoms with E-state index in [0.29, 0.717) is 12.3 Å².